The van der Waals surface area contributed by atoms with E-state index in [1.54, 1.807) is 0 Å². The summed E-state index contributed by atoms with van der Waals surface area (Å²) >= 11 is 0. The fourth-order valence-corrected chi connectivity index (χ4v) is 7.65. The fourth-order valence-electron chi connectivity index (χ4n) is 6.68. The van der Waals surface area contributed by atoms with Crippen molar-refractivity contribution in [1.29, 1.82) is 0 Å². The number of esters is 2. The molecule has 1 heterocycles. The maximum atomic E-state index is 12.8. The quantitative estimate of drug-likeness (QED) is 0.0118. The van der Waals surface area contributed by atoms with E-state index in [0.717, 1.165) is 77.0 Å². The summed E-state index contributed by atoms with van der Waals surface area (Å²) in [5.74, 6) is -1.20. The Morgan fingerprint density at radius 1 is 0.597 bits per heavy atom. The standard InChI is InChI=1S/C47H77O14P/c1-3-5-7-9-11-13-15-17-18-19-21-23-25-27-29-33-41(49)59-37(36-58-62(55,56)61-47-45(53)43(51)42(50)44(52)46(47)54)35-57-40(48)34-30-32-39-38(60-39)31-28-26-24-22-20-16-14-12-10-8-6-4-2/h5,7,11-14,17-18,20,22,26,28,37-39,42-47,50-54H,3-4,6,8-10,15-16,19,21,23-25,27,29-36H2,1-2H3,(H,55,56)/b7-5-,13-11-,14-12-,18-17-,22-20-,28-26-/t37-,38?,39?,42?,43-,44+,45-,46-,47?/m1/s1. The summed E-state index contributed by atoms with van der Waals surface area (Å²) in [6, 6.07) is 0. The molecule has 62 heavy (non-hydrogen) atoms. The number of carbonyl (C=O) groups excluding carboxylic acids is 2. The Balaban J connectivity index is 1.76. The molecule has 0 spiro atoms. The number of epoxide rings is 1. The number of carbonyl (C=O) groups is 2. The van der Waals surface area contributed by atoms with Crippen LogP contribution in [-0.2, 0) is 37.4 Å². The minimum absolute atomic E-state index is 0.0562. The molecule has 2 rings (SSSR count). The molecule has 0 amide bonds. The van der Waals surface area contributed by atoms with Crippen LogP contribution in [0.2, 0.25) is 0 Å². The number of allylic oxidation sites excluding steroid dienone is 11. The van der Waals surface area contributed by atoms with Crippen LogP contribution in [0.25, 0.3) is 0 Å². The summed E-state index contributed by atoms with van der Waals surface area (Å²) in [7, 11) is -5.15. The minimum atomic E-state index is -5.15. The van der Waals surface area contributed by atoms with Gasteiger partial charge in [0.05, 0.1) is 18.8 Å². The molecule has 2 aliphatic rings. The van der Waals surface area contributed by atoms with Crippen molar-refractivity contribution in [3.8, 4) is 0 Å². The Kier molecular flexibility index (Phi) is 30.1. The normalized spacial score (nSPS) is 25.8. The third kappa shape index (κ3) is 25.5. The molecule has 0 radical (unpaired) electrons. The van der Waals surface area contributed by atoms with Crippen LogP contribution < -0.4 is 0 Å². The van der Waals surface area contributed by atoms with Crippen LogP contribution in [0.4, 0.5) is 0 Å². The lowest BCUT2D eigenvalue weighted by Gasteiger charge is -2.41. The highest BCUT2D eigenvalue weighted by Gasteiger charge is 2.51. The molecule has 1 saturated carbocycles. The average Bonchev–Trinajstić information content (AvgIpc) is 4.01. The Labute approximate surface area is 370 Å². The van der Waals surface area contributed by atoms with Gasteiger partial charge in [0.1, 0.15) is 43.2 Å². The van der Waals surface area contributed by atoms with Gasteiger partial charge in [0.15, 0.2) is 6.10 Å². The van der Waals surface area contributed by atoms with Gasteiger partial charge < -0.3 is 44.6 Å². The summed E-state index contributed by atoms with van der Waals surface area (Å²) in [5, 5.41) is 50.2. The van der Waals surface area contributed by atoms with Crippen LogP contribution in [0.15, 0.2) is 72.9 Å². The highest BCUT2D eigenvalue weighted by Crippen LogP contribution is 2.47. The number of phosphoric acid groups is 1. The first-order valence-electron chi connectivity index (χ1n) is 22.9. The highest BCUT2D eigenvalue weighted by molar-refractivity contribution is 7.47. The van der Waals surface area contributed by atoms with Gasteiger partial charge in [0.2, 0.25) is 0 Å². The summed E-state index contributed by atoms with van der Waals surface area (Å²) in [4.78, 5) is 35.8. The molecule has 1 aliphatic heterocycles. The van der Waals surface area contributed by atoms with E-state index in [0.29, 0.717) is 19.3 Å². The van der Waals surface area contributed by atoms with E-state index in [4.69, 9.17) is 23.3 Å². The van der Waals surface area contributed by atoms with Crippen LogP contribution >= 0.6 is 7.82 Å². The summed E-state index contributed by atoms with van der Waals surface area (Å²) < 4.78 is 39.2. The van der Waals surface area contributed by atoms with E-state index in [-0.39, 0.29) is 25.0 Å². The molecule has 1 aliphatic carbocycles. The van der Waals surface area contributed by atoms with E-state index < -0.39 is 75.7 Å². The Morgan fingerprint density at radius 2 is 1.11 bits per heavy atom. The molecular formula is C47H77O14P. The Hall–Kier alpha value is -2.75. The van der Waals surface area contributed by atoms with E-state index in [1.807, 2.05) is 0 Å². The van der Waals surface area contributed by atoms with Crippen molar-refractivity contribution in [2.75, 3.05) is 13.2 Å². The molecule has 0 aromatic rings. The lowest BCUT2D eigenvalue weighted by molar-refractivity contribution is -0.220. The maximum absolute atomic E-state index is 12.8. The topological polar surface area (TPSA) is 222 Å². The molecule has 5 unspecified atom stereocenters. The first-order valence-corrected chi connectivity index (χ1v) is 24.4. The number of hydrogen-bond donors (Lipinski definition) is 6. The van der Waals surface area contributed by atoms with E-state index in [1.165, 1.54) is 19.3 Å². The number of aliphatic hydroxyl groups excluding tert-OH is 5. The third-order valence-corrected chi connectivity index (χ3v) is 11.4. The second-order valence-electron chi connectivity index (χ2n) is 15.9. The molecular weight excluding hydrogens is 819 g/mol. The average molecular weight is 897 g/mol. The second-order valence-corrected chi connectivity index (χ2v) is 17.3. The monoisotopic (exact) mass is 897 g/mol. The van der Waals surface area contributed by atoms with Gasteiger partial charge in [-0.1, -0.05) is 119 Å². The van der Waals surface area contributed by atoms with Gasteiger partial charge in [-0.05, 0) is 83.5 Å². The first-order chi connectivity index (χ1) is 29.9. The zero-order chi connectivity index (χ0) is 45.4. The van der Waals surface area contributed by atoms with Crippen LogP contribution in [0.5, 0.6) is 0 Å². The van der Waals surface area contributed by atoms with Crippen molar-refractivity contribution in [3.05, 3.63) is 72.9 Å². The van der Waals surface area contributed by atoms with Crippen molar-refractivity contribution < 1.29 is 67.8 Å². The minimum Gasteiger partial charge on any atom is -0.462 e. The van der Waals surface area contributed by atoms with Gasteiger partial charge in [-0.2, -0.15) is 0 Å². The number of ether oxygens (including phenoxy) is 3. The largest absolute Gasteiger partial charge is 0.472 e. The predicted octanol–water partition coefficient (Wildman–Crippen LogP) is 7.71. The molecule has 6 N–H and O–H groups in total. The lowest BCUT2D eigenvalue weighted by Crippen LogP contribution is -2.64. The molecule has 14 nitrogen and oxygen atoms in total. The van der Waals surface area contributed by atoms with Gasteiger partial charge in [-0.3, -0.25) is 18.6 Å². The Bertz CT molecular complexity index is 1430. The van der Waals surface area contributed by atoms with Crippen LogP contribution in [-0.4, -0.2) is 111 Å². The number of unbranched alkanes of at least 4 members (excludes halogenated alkanes) is 8. The number of rotatable bonds is 35. The fraction of sp³-hybridized carbons (Fsp3) is 0.702. The molecule has 0 bridgehead atoms. The van der Waals surface area contributed by atoms with E-state index in [9.17, 15) is 44.6 Å². The van der Waals surface area contributed by atoms with Crippen molar-refractivity contribution in [2.45, 2.75) is 197 Å². The zero-order valence-corrected chi connectivity index (χ0v) is 38.0. The molecule has 1 saturated heterocycles. The van der Waals surface area contributed by atoms with Crippen molar-refractivity contribution >= 4 is 19.8 Å². The van der Waals surface area contributed by atoms with Crippen LogP contribution in [0.1, 0.15) is 142 Å². The Morgan fingerprint density at radius 3 is 1.73 bits per heavy atom. The molecule has 354 valence electrons. The first kappa shape index (κ1) is 55.4. The zero-order valence-electron chi connectivity index (χ0n) is 37.1. The summed E-state index contributed by atoms with van der Waals surface area (Å²) in [5.41, 5.74) is 0. The van der Waals surface area contributed by atoms with Gasteiger partial charge in [-0.15, -0.1) is 0 Å². The number of hydrogen-bond acceptors (Lipinski definition) is 13. The van der Waals surface area contributed by atoms with Gasteiger partial charge in [-0.25, -0.2) is 4.57 Å². The smallest absolute Gasteiger partial charge is 0.462 e. The maximum Gasteiger partial charge on any atom is 0.472 e. The van der Waals surface area contributed by atoms with Gasteiger partial charge in [0.25, 0.3) is 0 Å². The molecule has 2 fully saturated rings. The van der Waals surface area contributed by atoms with E-state index in [2.05, 4.69) is 86.8 Å². The molecule has 15 heteroatoms. The SMILES string of the molecule is CC/C=C\C/C=C\C/C=C\CCCCCCCC(=O)O[C@H](COC(=O)CCCC1OC1C/C=C\C/C=C\C/C=C\CCCCC)COP(=O)(O)OC1[C@H](O)[C@H](O)C(O)[C@H](O)[C@H]1O. The van der Waals surface area contributed by atoms with Gasteiger partial charge >= 0.3 is 19.8 Å². The van der Waals surface area contributed by atoms with E-state index >= 15 is 0 Å². The van der Waals surface area contributed by atoms with Gasteiger partial charge in [0, 0.05) is 12.8 Å². The van der Waals surface area contributed by atoms with Crippen molar-refractivity contribution in [2.24, 2.45) is 0 Å². The summed E-state index contributed by atoms with van der Waals surface area (Å²) in [6.45, 7) is 3.06. The highest BCUT2D eigenvalue weighted by atomic mass is 31.2. The van der Waals surface area contributed by atoms with Crippen LogP contribution in [0, 0.1) is 0 Å². The summed E-state index contributed by atoms with van der Waals surface area (Å²) in [6.07, 6.45) is 29.7. The second kappa shape index (κ2) is 33.7. The molecule has 0 aromatic carbocycles. The van der Waals surface area contributed by atoms with Crippen LogP contribution in [0.3, 0.4) is 0 Å². The number of aliphatic hydroxyl groups is 5. The third-order valence-electron chi connectivity index (χ3n) is 10.5. The lowest BCUT2D eigenvalue weighted by atomic mass is 9.85. The molecule has 10 atom stereocenters. The van der Waals surface area contributed by atoms with Crippen molar-refractivity contribution in [1.82, 2.24) is 0 Å². The molecule has 0 aromatic heterocycles. The predicted molar refractivity (Wildman–Crippen MR) is 239 cm³/mol. The van der Waals surface area contributed by atoms with Crippen molar-refractivity contribution in [3.63, 3.8) is 0 Å². The number of phosphoric ester groups is 1.